The fourth-order valence-corrected chi connectivity index (χ4v) is 2.98. The van der Waals surface area contributed by atoms with Crippen molar-refractivity contribution in [3.63, 3.8) is 0 Å². The summed E-state index contributed by atoms with van der Waals surface area (Å²) in [5.41, 5.74) is 5.10. The number of aryl methyl sites for hydroxylation is 1. The third-order valence-corrected chi connectivity index (χ3v) is 4.32. The van der Waals surface area contributed by atoms with E-state index in [-0.39, 0.29) is 6.61 Å². The number of benzene rings is 2. The standard InChI is InChI=1S/C20H24N2O.3C2H6/c1-16-6-8-17(9-7-16)15-22(12-13-23)11-10-18-14-21-20-5-3-2-4-19(18)20;3*1-2/h2-9,14,21,23H,10-13,15H2,1H3;3*1-2H3. The highest BCUT2D eigenvalue weighted by atomic mass is 16.3. The Kier molecular flexibility index (Phi) is 15.6. The summed E-state index contributed by atoms with van der Waals surface area (Å²) in [6.45, 7) is 16.8. The van der Waals surface area contributed by atoms with Crippen LogP contribution in [0.25, 0.3) is 10.9 Å². The molecule has 0 atom stereocenters. The fraction of sp³-hybridized carbons (Fsp3) is 0.462. The molecule has 162 valence electrons. The number of para-hydroxylation sites is 1. The van der Waals surface area contributed by atoms with Crippen molar-refractivity contribution in [2.75, 3.05) is 19.7 Å². The molecule has 0 aliphatic heterocycles. The van der Waals surface area contributed by atoms with Crippen LogP contribution in [-0.4, -0.2) is 34.7 Å². The predicted molar refractivity (Wildman–Crippen MR) is 130 cm³/mol. The summed E-state index contributed by atoms with van der Waals surface area (Å²) in [6, 6.07) is 17.0. The fourth-order valence-electron chi connectivity index (χ4n) is 2.98. The largest absolute Gasteiger partial charge is 0.395 e. The van der Waals surface area contributed by atoms with E-state index >= 15 is 0 Å². The zero-order valence-electron chi connectivity index (χ0n) is 19.6. The molecule has 3 rings (SSSR count). The monoisotopic (exact) mass is 398 g/mol. The highest BCUT2D eigenvalue weighted by Gasteiger charge is 2.08. The van der Waals surface area contributed by atoms with Crippen molar-refractivity contribution in [2.45, 2.75) is 61.4 Å². The van der Waals surface area contributed by atoms with Crippen molar-refractivity contribution >= 4 is 10.9 Å². The van der Waals surface area contributed by atoms with E-state index in [9.17, 15) is 5.11 Å². The SMILES string of the molecule is CC.CC.CC.Cc1ccc(CN(CCO)CCc2c[nH]c3ccccc23)cc1. The summed E-state index contributed by atoms with van der Waals surface area (Å²) in [4.78, 5) is 5.64. The molecule has 0 bridgehead atoms. The predicted octanol–water partition coefficient (Wildman–Crippen LogP) is 6.59. The number of aliphatic hydroxyl groups excluding tert-OH is 1. The van der Waals surface area contributed by atoms with Gasteiger partial charge in [-0.2, -0.15) is 0 Å². The van der Waals surface area contributed by atoms with Gasteiger partial charge < -0.3 is 10.1 Å². The molecule has 3 heteroatoms. The van der Waals surface area contributed by atoms with Crippen molar-refractivity contribution in [1.82, 2.24) is 9.88 Å². The Morgan fingerprint density at radius 3 is 2.07 bits per heavy atom. The number of aliphatic hydroxyl groups is 1. The maximum atomic E-state index is 9.34. The number of hydrogen-bond acceptors (Lipinski definition) is 2. The summed E-state index contributed by atoms with van der Waals surface area (Å²) in [5, 5.41) is 10.6. The molecule has 0 saturated carbocycles. The van der Waals surface area contributed by atoms with Crippen molar-refractivity contribution in [3.8, 4) is 0 Å². The minimum absolute atomic E-state index is 0.194. The van der Waals surface area contributed by atoms with Gasteiger partial charge in [-0.15, -0.1) is 0 Å². The lowest BCUT2D eigenvalue weighted by Crippen LogP contribution is -2.28. The van der Waals surface area contributed by atoms with Crippen LogP contribution in [0, 0.1) is 6.92 Å². The highest BCUT2D eigenvalue weighted by molar-refractivity contribution is 5.83. The summed E-state index contributed by atoms with van der Waals surface area (Å²) >= 11 is 0. The van der Waals surface area contributed by atoms with E-state index in [1.165, 1.54) is 27.6 Å². The Labute approximate surface area is 178 Å². The van der Waals surface area contributed by atoms with Crippen LogP contribution in [0.1, 0.15) is 58.2 Å². The van der Waals surface area contributed by atoms with Crippen LogP contribution < -0.4 is 0 Å². The Balaban J connectivity index is 0.00000120. The van der Waals surface area contributed by atoms with E-state index in [4.69, 9.17) is 0 Å². The number of aromatic nitrogens is 1. The molecule has 0 aliphatic rings. The molecule has 3 nitrogen and oxygen atoms in total. The summed E-state index contributed by atoms with van der Waals surface area (Å²) < 4.78 is 0. The van der Waals surface area contributed by atoms with Crippen LogP contribution in [-0.2, 0) is 13.0 Å². The topological polar surface area (TPSA) is 39.3 Å². The Hall–Kier alpha value is -2.10. The minimum atomic E-state index is 0.194. The van der Waals surface area contributed by atoms with Gasteiger partial charge in [-0.05, 0) is 30.5 Å². The van der Waals surface area contributed by atoms with Crippen LogP contribution in [0.15, 0.2) is 54.7 Å². The van der Waals surface area contributed by atoms with Crippen LogP contribution in [0.4, 0.5) is 0 Å². The molecule has 0 fully saturated rings. The Bertz CT molecular complexity index is 747. The van der Waals surface area contributed by atoms with Gasteiger partial charge in [-0.1, -0.05) is 89.6 Å². The van der Waals surface area contributed by atoms with Gasteiger partial charge in [0.25, 0.3) is 0 Å². The van der Waals surface area contributed by atoms with Gasteiger partial charge in [0, 0.05) is 36.7 Å². The van der Waals surface area contributed by atoms with E-state index in [0.717, 1.165) is 19.5 Å². The van der Waals surface area contributed by atoms with E-state index in [2.05, 4.69) is 71.5 Å². The van der Waals surface area contributed by atoms with Crippen molar-refractivity contribution in [1.29, 1.82) is 0 Å². The number of nitrogens with zero attached hydrogens (tertiary/aromatic N) is 1. The second-order valence-electron chi connectivity index (χ2n) is 6.09. The molecule has 0 saturated heterocycles. The molecule has 1 aromatic heterocycles. The Morgan fingerprint density at radius 2 is 1.45 bits per heavy atom. The van der Waals surface area contributed by atoms with Crippen molar-refractivity contribution in [3.05, 3.63) is 71.4 Å². The van der Waals surface area contributed by atoms with Crippen LogP contribution in [0.3, 0.4) is 0 Å². The van der Waals surface area contributed by atoms with Crippen molar-refractivity contribution in [2.24, 2.45) is 0 Å². The van der Waals surface area contributed by atoms with Crippen molar-refractivity contribution < 1.29 is 5.11 Å². The maximum absolute atomic E-state index is 9.34. The molecule has 2 N–H and O–H groups in total. The van der Waals surface area contributed by atoms with E-state index < -0.39 is 0 Å². The lowest BCUT2D eigenvalue weighted by molar-refractivity contribution is 0.192. The lowest BCUT2D eigenvalue weighted by atomic mass is 10.1. The average molecular weight is 399 g/mol. The zero-order valence-corrected chi connectivity index (χ0v) is 19.6. The van der Waals surface area contributed by atoms with Gasteiger partial charge in [-0.3, -0.25) is 4.90 Å². The van der Waals surface area contributed by atoms with Crippen LogP contribution in [0.2, 0.25) is 0 Å². The van der Waals surface area contributed by atoms with Crippen LogP contribution in [0.5, 0.6) is 0 Å². The van der Waals surface area contributed by atoms with Gasteiger partial charge in [0.15, 0.2) is 0 Å². The first kappa shape index (κ1) is 26.9. The quantitative estimate of drug-likeness (QED) is 0.471. The normalized spacial score (nSPS) is 9.69. The molecular formula is C26H42N2O. The second-order valence-corrected chi connectivity index (χ2v) is 6.09. The van der Waals surface area contributed by atoms with Crippen LogP contribution >= 0.6 is 0 Å². The first-order valence-electron chi connectivity index (χ1n) is 11.2. The number of nitrogens with one attached hydrogen (secondary N) is 1. The third kappa shape index (κ3) is 9.29. The van der Waals surface area contributed by atoms with Gasteiger partial charge in [-0.25, -0.2) is 0 Å². The smallest absolute Gasteiger partial charge is 0.0558 e. The van der Waals surface area contributed by atoms with E-state index in [1.807, 2.05) is 41.5 Å². The highest BCUT2D eigenvalue weighted by Crippen LogP contribution is 2.18. The first-order chi connectivity index (χ1) is 14.3. The molecule has 3 aromatic rings. The van der Waals surface area contributed by atoms with Gasteiger partial charge in [0.05, 0.1) is 6.61 Å². The second kappa shape index (κ2) is 16.8. The zero-order chi connectivity index (χ0) is 22.1. The Morgan fingerprint density at radius 1 is 0.828 bits per heavy atom. The summed E-state index contributed by atoms with van der Waals surface area (Å²) in [5.74, 6) is 0. The molecule has 1 heterocycles. The molecule has 2 aromatic carbocycles. The third-order valence-electron chi connectivity index (χ3n) is 4.32. The van der Waals surface area contributed by atoms with Gasteiger partial charge >= 0.3 is 0 Å². The number of fused-ring (bicyclic) bond motifs is 1. The van der Waals surface area contributed by atoms with Gasteiger partial charge in [0.1, 0.15) is 0 Å². The summed E-state index contributed by atoms with van der Waals surface area (Å²) in [7, 11) is 0. The maximum Gasteiger partial charge on any atom is 0.0558 e. The number of H-pyrrole nitrogens is 1. The molecule has 0 spiro atoms. The molecule has 0 unspecified atom stereocenters. The number of rotatable bonds is 7. The number of aromatic amines is 1. The van der Waals surface area contributed by atoms with E-state index in [0.29, 0.717) is 6.54 Å². The molecule has 0 amide bonds. The minimum Gasteiger partial charge on any atom is -0.395 e. The van der Waals surface area contributed by atoms with E-state index in [1.54, 1.807) is 0 Å². The average Bonchev–Trinajstić information content (AvgIpc) is 3.21. The molecular weight excluding hydrogens is 356 g/mol. The molecule has 0 aliphatic carbocycles. The number of hydrogen-bond donors (Lipinski definition) is 2. The lowest BCUT2D eigenvalue weighted by Gasteiger charge is -2.21. The first-order valence-corrected chi connectivity index (χ1v) is 11.2. The molecule has 0 radical (unpaired) electrons. The van der Waals surface area contributed by atoms with Gasteiger partial charge in [0.2, 0.25) is 0 Å². The molecule has 29 heavy (non-hydrogen) atoms. The summed E-state index contributed by atoms with van der Waals surface area (Å²) in [6.07, 6.45) is 3.09.